The van der Waals surface area contributed by atoms with Crippen molar-refractivity contribution in [3.8, 4) is 6.07 Å². The van der Waals surface area contributed by atoms with Crippen molar-refractivity contribution in [3.05, 3.63) is 28.2 Å². The second-order valence-corrected chi connectivity index (χ2v) is 7.10. The number of benzene rings is 1. The van der Waals surface area contributed by atoms with Crippen molar-refractivity contribution in [2.24, 2.45) is 0 Å². The number of sulfone groups is 1. The lowest BCUT2D eigenvalue weighted by atomic mass is 10.2. The van der Waals surface area contributed by atoms with Crippen molar-refractivity contribution in [1.82, 2.24) is 0 Å². The van der Waals surface area contributed by atoms with E-state index in [0.717, 1.165) is 4.47 Å². The Balaban J connectivity index is 2.65. The summed E-state index contributed by atoms with van der Waals surface area (Å²) in [5, 5.41) is 11.9. The second kappa shape index (κ2) is 6.76. The molecule has 1 aromatic carbocycles. The quantitative estimate of drug-likeness (QED) is 0.870. The molecule has 0 spiro atoms. The molecule has 0 aliphatic carbocycles. The fourth-order valence-electron chi connectivity index (χ4n) is 1.51. The lowest BCUT2D eigenvalue weighted by Crippen LogP contribution is -2.18. The number of anilines is 1. The van der Waals surface area contributed by atoms with Gasteiger partial charge >= 0.3 is 0 Å². The standard InChI is InChI=1S/C12H15BrN2O2S/c1-2-6-18(16,17)7-5-15-12-8-11(13)4-3-10(12)9-14/h3-4,8,15H,2,5-7H2,1H3. The maximum absolute atomic E-state index is 11.5. The van der Waals surface area contributed by atoms with Crippen LogP contribution in [-0.4, -0.2) is 26.5 Å². The monoisotopic (exact) mass is 330 g/mol. The van der Waals surface area contributed by atoms with Crippen LogP contribution >= 0.6 is 15.9 Å². The molecule has 0 aliphatic heterocycles. The van der Waals surface area contributed by atoms with E-state index < -0.39 is 9.84 Å². The van der Waals surface area contributed by atoms with Gasteiger partial charge in [0.25, 0.3) is 0 Å². The van der Waals surface area contributed by atoms with E-state index in [1.807, 2.05) is 6.92 Å². The normalized spacial score (nSPS) is 10.9. The van der Waals surface area contributed by atoms with Crippen LogP contribution in [0.25, 0.3) is 0 Å². The van der Waals surface area contributed by atoms with E-state index >= 15 is 0 Å². The summed E-state index contributed by atoms with van der Waals surface area (Å²) in [5.41, 5.74) is 1.16. The van der Waals surface area contributed by atoms with Crippen LogP contribution in [0.2, 0.25) is 0 Å². The summed E-state index contributed by atoms with van der Waals surface area (Å²) in [5.74, 6) is 0.288. The number of halogens is 1. The van der Waals surface area contributed by atoms with Gasteiger partial charge in [-0.15, -0.1) is 0 Å². The van der Waals surface area contributed by atoms with Crippen LogP contribution in [0.15, 0.2) is 22.7 Å². The molecule has 6 heteroatoms. The summed E-state index contributed by atoms with van der Waals surface area (Å²) >= 11 is 3.31. The first-order valence-corrected chi connectivity index (χ1v) is 8.24. The van der Waals surface area contributed by atoms with E-state index in [0.29, 0.717) is 24.2 Å². The third-order valence-corrected chi connectivity index (χ3v) is 4.70. The molecule has 0 aromatic heterocycles. The van der Waals surface area contributed by atoms with E-state index in [1.54, 1.807) is 18.2 Å². The zero-order chi connectivity index (χ0) is 13.6. The van der Waals surface area contributed by atoms with Gasteiger partial charge in [0, 0.05) is 16.8 Å². The van der Waals surface area contributed by atoms with E-state index in [4.69, 9.17) is 5.26 Å². The number of nitrogens with one attached hydrogen (secondary N) is 1. The Morgan fingerprint density at radius 3 is 2.72 bits per heavy atom. The average Bonchev–Trinajstić information content (AvgIpc) is 2.29. The molecule has 1 aromatic rings. The maximum atomic E-state index is 11.5. The minimum Gasteiger partial charge on any atom is -0.383 e. The van der Waals surface area contributed by atoms with Gasteiger partial charge in [0.2, 0.25) is 0 Å². The first-order valence-electron chi connectivity index (χ1n) is 5.62. The molecule has 4 nitrogen and oxygen atoms in total. The average molecular weight is 331 g/mol. The predicted molar refractivity (Wildman–Crippen MR) is 76.3 cm³/mol. The summed E-state index contributed by atoms with van der Waals surface area (Å²) < 4.78 is 23.9. The minimum atomic E-state index is -2.99. The Labute approximate surface area is 116 Å². The lowest BCUT2D eigenvalue weighted by Gasteiger charge is -2.09. The van der Waals surface area contributed by atoms with Crippen LogP contribution in [-0.2, 0) is 9.84 Å². The van der Waals surface area contributed by atoms with Gasteiger partial charge in [-0.3, -0.25) is 0 Å². The van der Waals surface area contributed by atoms with Gasteiger partial charge in [0.15, 0.2) is 9.84 Å². The molecule has 98 valence electrons. The molecule has 0 bridgehead atoms. The van der Waals surface area contributed by atoms with Crippen molar-refractivity contribution in [2.45, 2.75) is 13.3 Å². The van der Waals surface area contributed by atoms with Crippen LogP contribution in [0.4, 0.5) is 5.69 Å². The Morgan fingerprint density at radius 1 is 1.39 bits per heavy atom. The van der Waals surface area contributed by atoms with Crippen LogP contribution < -0.4 is 5.32 Å². The molecule has 0 amide bonds. The van der Waals surface area contributed by atoms with Crippen molar-refractivity contribution in [3.63, 3.8) is 0 Å². The first kappa shape index (κ1) is 15.0. The van der Waals surface area contributed by atoms with Gasteiger partial charge < -0.3 is 5.32 Å². The first-order chi connectivity index (χ1) is 8.48. The van der Waals surface area contributed by atoms with Crippen LogP contribution in [0.3, 0.4) is 0 Å². The third-order valence-electron chi connectivity index (χ3n) is 2.35. The molecule has 0 saturated carbocycles. The Kier molecular flexibility index (Phi) is 5.63. The van der Waals surface area contributed by atoms with Crippen molar-refractivity contribution in [2.75, 3.05) is 23.4 Å². The summed E-state index contributed by atoms with van der Waals surface area (Å²) in [6.45, 7) is 2.15. The van der Waals surface area contributed by atoms with Gasteiger partial charge in [0.05, 0.1) is 17.0 Å². The van der Waals surface area contributed by atoms with Crippen LogP contribution in [0, 0.1) is 11.3 Å². The zero-order valence-electron chi connectivity index (χ0n) is 10.1. The van der Waals surface area contributed by atoms with Gasteiger partial charge in [0.1, 0.15) is 6.07 Å². The summed E-state index contributed by atoms with van der Waals surface area (Å²) in [4.78, 5) is 0. The predicted octanol–water partition coefficient (Wildman–Crippen LogP) is 2.56. The number of hydrogen-bond acceptors (Lipinski definition) is 4. The van der Waals surface area contributed by atoms with Gasteiger partial charge in [-0.2, -0.15) is 5.26 Å². The van der Waals surface area contributed by atoms with E-state index in [2.05, 4.69) is 27.3 Å². The third kappa shape index (κ3) is 4.67. The fourth-order valence-corrected chi connectivity index (χ4v) is 3.11. The van der Waals surface area contributed by atoms with Crippen molar-refractivity contribution >= 4 is 31.5 Å². The topological polar surface area (TPSA) is 70.0 Å². The second-order valence-electron chi connectivity index (χ2n) is 3.88. The van der Waals surface area contributed by atoms with Crippen molar-refractivity contribution < 1.29 is 8.42 Å². The summed E-state index contributed by atoms with van der Waals surface area (Å²) in [6.07, 6.45) is 0.628. The van der Waals surface area contributed by atoms with Crippen LogP contribution in [0.1, 0.15) is 18.9 Å². The smallest absolute Gasteiger partial charge is 0.152 e. The molecule has 1 rings (SSSR count). The Morgan fingerprint density at radius 2 is 2.11 bits per heavy atom. The highest BCUT2D eigenvalue weighted by Gasteiger charge is 2.09. The molecule has 0 radical (unpaired) electrons. The highest BCUT2D eigenvalue weighted by molar-refractivity contribution is 9.10. The molecular weight excluding hydrogens is 316 g/mol. The Hall–Kier alpha value is -1.06. The molecule has 18 heavy (non-hydrogen) atoms. The summed E-state index contributed by atoms with van der Waals surface area (Å²) in [7, 11) is -2.99. The SMILES string of the molecule is CCCS(=O)(=O)CCNc1cc(Br)ccc1C#N. The minimum absolute atomic E-state index is 0.0816. The summed E-state index contributed by atoms with van der Waals surface area (Å²) in [6, 6.07) is 7.29. The molecule has 0 fully saturated rings. The molecule has 0 saturated heterocycles. The van der Waals surface area contributed by atoms with E-state index in [-0.39, 0.29) is 11.5 Å². The fraction of sp³-hybridized carbons (Fsp3) is 0.417. The molecule has 0 heterocycles. The molecule has 0 atom stereocenters. The van der Waals surface area contributed by atoms with Gasteiger partial charge in [-0.05, 0) is 24.6 Å². The number of nitriles is 1. The number of hydrogen-bond donors (Lipinski definition) is 1. The molecule has 1 N–H and O–H groups in total. The zero-order valence-corrected chi connectivity index (χ0v) is 12.5. The Bertz CT molecular complexity index is 550. The van der Waals surface area contributed by atoms with Crippen LogP contribution in [0.5, 0.6) is 0 Å². The van der Waals surface area contributed by atoms with Gasteiger partial charge in [-0.25, -0.2) is 8.42 Å². The number of rotatable bonds is 6. The van der Waals surface area contributed by atoms with E-state index in [9.17, 15) is 8.42 Å². The van der Waals surface area contributed by atoms with Gasteiger partial charge in [-0.1, -0.05) is 22.9 Å². The molecule has 0 unspecified atom stereocenters. The highest BCUT2D eigenvalue weighted by Crippen LogP contribution is 2.20. The molecular formula is C12H15BrN2O2S. The van der Waals surface area contributed by atoms with E-state index in [1.165, 1.54) is 0 Å². The largest absolute Gasteiger partial charge is 0.383 e. The number of nitrogens with zero attached hydrogens (tertiary/aromatic N) is 1. The highest BCUT2D eigenvalue weighted by atomic mass is 79.9. The maximum Gasteiger partial charge on any atom is 0.152 e. The lowest BCUT2D eigenvalue weighted by molar-refractivity contribution is 0.595. The molecule has 0 aliphatic rings. The van der Waals surface area contributed by atoms with Crippen molar-refractivity contribution in [1.29, 1.82) is 5.26 Å².